The Bertz CT molecular complexity index is 961. The van der Waals surface area contributed by atoms with Gasteiger partial charge in [0.2, 0.25) is 5.89 Å². The van der Waals surface area contributed by atoms with Gasteiger partial charge in [-0.25, -0.2) is 4.98 Å². The fourth-order valence-corrected chi connectivity index (χ4v) is 3.13. The van der Waals surface area contributed by atoms with Crippen molar-refractivity contribution in [2.45, 2.75) is 6.42 Å². The molecule has 118 valence electrons. The number of nitrogens with zero attached hydrogens (tertiary/aromatic N) is 3. The third kappa shape index (κ3) is 3.02. The van der Waals surface area contributed by atoms with E-state index in [-0.39, 0.29) is 11.9 Å². The Balaban J connectivity index is 1.48. The number of para-hydroxylation sites is 1. The smallest absolute Gasteiger partial charge is 0.322 e. The van der Waals surface area contributed by atoms with E-state index >= 15 is 0 Å². The third-order valence-electron chi connectivity index (χ3n) is 3.37. The summed E-state index contributed by atoms with van der Waals surface area (Å²) in [5.74, 6) is 0.0897. The van der Waals surface area contributed by atoms with E-state index in [1.54, 1.807) is 0 Å². The summed E-state index contributed by atoms with van der Waals surface area (Å²) in [5, 5.41) is 10.8. The maximum atomic E-state index is 12.3. The van der Waals surface area contributed by atoms with Gasteiger partial charge in [-0.15, -0.1) is 16.4 Å². The fraction of sp³-hybridized carbons (Fsp3) is 0.0588. The molecule has 0 unspecified atom stereocenters. The number of hydrogen-bond donors (Lipinski definition) is 1. The van der Waals surface area contributed by atoms with Gasteiger partial charge in [-0.3, -0.25) is 10.1 Å². The topological polar surface area (TPSA) is 80.9 Å². The molecule has 2 heterocycles. The summed E-state index contributed by atoms with van der Waals surface area (Å²) >= 11 is 1.32. The summed E-state index contributed by atoms with van der Waals surface area (Å²) < 4.78 is 6.43. The minimum Gasteiger partial charge on any atom is -0.407 e. The lowest BCUT2D eigenvalue weighted by Crippen LogP contribution is -2.11. The molecule has 0 atom stereocenters. The average molecular weight is 336 g/mol. The van der Waals surface area contributed by atoms with Crippen LogP contribution in [0, 0.1) is 0 Å². The number of carbonyl (C=O) groups is 1. The average Bonchev–Trinajstić information content (AvgIpc) is 3.22. The number of carbonyl (C=O) groups excluding carboxylic acids is 1. The van der Waals surface area contributed by atoms with Gasteiger partial charge in [0.15, 0.2) is 5.01 Å². The van der Waals surface area contributed by atoms with Crippen LogP contribution in [0.15, 0.2) is 59.0 Å². The van der Waals surface area contributed by atoms with E-state index in [2.05, 4.69) is 20.5 Å². The first-order valence-corrected chi connectivity index (χ1v) is 8.13. The number of nitrogens with one attached hydrogen (secondary N) is 1. The molecule has 2 aromatic carbocycles. The van der Waals surface area contributed by atoms with Gasteiger partial charge in [-0.2, -0.15) is 0 Å². The Kier molecular flexibility index (Phi) is 3.76. The second kappa shape index (κ2) is 6.21. The predicted molar refractivity (Wildman–Crippen MR) is 91.1 cm³/mol. The minimum absolute atomic E-state index is 0.0742. The highest BCUT2D eigenvalue weighted by Gasteiger charge is 2.15. The fourth-order valence-electron chi connectivity index (χ4n) is 2.27. The molecule has 0 spiro atoms. The molecule has 24 heavy (non-hydrogen) atoms. The standard InChI is InChI=1S/C17H12N4O2S/c22-15(16-18-12-8-4-5-9-13(12)24-16)19-17-21-20-14(23-17)10-11-6-2-1-3-7-11/h1-9H,10H2,(H,19,21,22). The summed E-state index contributed by atoms with van der Waals surface area (Å²) in [4.78, 5) is 16.6. The van der Waals surface area contributed by atoms with E-state index in [9.17, 15) is 4.79 Å². The lowest BCUT2D eigenvalue weighted by atomic mass is 10.2. The molecule has 7 heteroatoms. The van der Waals surface area contributed by atoms with Gasteiger partial charge in [0.25, 0.3) is 5.91 Å². The Hall–Kier alpha value is -3.06. The Morgan fingerprint density at radius 3 is 2.67 bits per heavy atom. The number of fused-ring (bicyclic) bond motifs is 1. The van der Waals surface area contributed by atoms with Crippen molar-refractivity contribution >= 4 is 33.5 Å². The van der Waals surface area contributed by atoms with Crippen LogP contribution in [0.2, 0.25) is 0 Å². The van der Waals surface area contributed by atoms with Crippen LogP contribution in [-0.2, 0) is 6.42 Å². The molecule has 0 saturated heterocycles. The van der Waals surface area contributed by atoms with Gasteiger partial charge in [-0.05, 0) is 17.7 Å². The van der Waals surface area contributed by atoms with E-state index < -0.39 is 0 Å². The zero-order valence-electron chi connectivity index (χ0n) is 12.5. The molecule has 4 rings (SSSR count). The molecular formula is C17H12N4O2S. The lowest BCUT2D eigenvalue weighted by molar-refractivity contribution is 0.102. The molecule has 0 saturated carbocycles. The van der Waals surface area contributed by atoms with E-state index in [1.165, 1.54) is 11.3 Å². The van der Waals surface area contributed by atoms with Crippen LogP contribution < -0.4 is 5.32 Å². The quantitative estimate of drug-likeness (QED) is 0.616. The molecule has 1 N–H and O–H groups in total. The molecule has 6 nitrogen and oxygen atoms in total. The molecule has 4 aromatic rings. The highest BCUT2D eigenvalue weighted by molar-refractivity contribution is 7.20. The zero-order chi connectivity index (χ0) is 16.4. The van der Waals surface area contributed by atoms with Crippen LogP contribution in [0.5, 0.6) is 0 Å². The second-order valence-corrected chi connectivity index (χ2v) is 6.13. The predicted octanol–water partition coefficient (Wildman–Crippen LogP) is 3.52. The number of benzene rings is 2. The van der Waals surface area contributed by atoms with Gasteiger partial charge in [0.05, 0.1) is 16.6 Å². The highest BCUT2D eigenvalue weighted by atomic mass is 32.1. The number of hydrogen-bond acceptors (Lipinski definition) is 6. The number of amides is 1. The summed E-state index contributed by atoms with van der Waals surface area (Å²) in [6.45, 7) is 0. The largest absolute Gasteiger partial charge is 0.407 e. The minimum atomic E-state index is -0.355. The lowest BCUT2D eigenvalue weighted by Gasteiger charge is -1.96. The first-order chi connectivity index (χ1) is 11.8. The molecule has 0 bridgehead atoms. The van der Waals surface area contributed by atoms with Crippen LogP contribution in [0.3, 0.4) is 0 Å². The van der Waals surface area contributed by atoms with Crippen molar-refractivity contribution < 1.29 is 9.21 Å². The van der Waals surface area contributed by atoms with Crippen molar-refractivity contribution in [1.82, 2.24) is 15.2 Å². The van der Waals surface area contributed by atoms with Crippen molar-refractivity contribution in [3.63, 3.8) is 0 Å². The SMILES string of the molecule is O=C(Nc1nnc(Cc2ccccc2)o1)c1nc2ccccc2s1. The van der Waals surface area contributed by atoms with Gasteiger partial charge in [0.1, 0.15) is 0 Å². The van der Waals surface area contributed by atoms with Gasteiger partial charge < -0.3 is 4.42 Å². The normalized spacial score (nSPS) is 10.8. The summed E-state index contributed by atoms with van der Waals surface area (Å²) in [6, 6.07) is 17.5. The van der Waals surface area contributed by atoms with Crippen molar-refractivity contribution in [2.24, 2.45) is 0 Å². The van der Waals surface area contributed by atoms with E-state index in [0.29, 0.717) is 17.3 Å². The van der Waals surface area contributed by atoms with Crippen LogP contribution in [0.25, 0.3) is 10.2 Å². The number of anilines is 1. The second-order valence-electron chi connectivity index (χ2n) is 5.10. The molecule has 0 aliphatic rings. The highest BCUT2D eigenvalue weighted by Crippen LogP contribution is 2.22. The van der Waals surface area contributed by atoms with Crippen molar-refractivity contribution in [3.05, 3.63) is 71.1 Å². The first-order valence-electron chi connectivity index (χ1n) is 7.31. The summed E-state index contributed by atoms with van der Waals surface area (Å²) in [7, 11) is 0. The van der Waals surface area contributed by atoms with Crippen LogP contribution in [-0.4, -0.2) is 21.1 Å². The molecule has 1 amide bonds. The van der Waals surface area contributed by atoms with Crippen LogP contribution in [0.4, 0.5) is 6.01 Å². The number of rotatable bonds is 4. The van der Waals surface area contributed by atoms with Crippen LogP contribution >= 0.6 is 11.3 Å². The van der Waals surface area contributed by atoms with E-state index in [0.717, 1.165) is 15.8 Å². The van der Waals surface area contributed by atoms with Gasteiger partial charge >= 0.3 is 6.01 Å². The maximum absolute atomic E-state index is 12.3. The Morgan fingerprint density at radius 1 is 1.04 bits per heavy atom. The Labute approximate surface area is 141 Å². The molecule has 0 radical (unpaired) electrons. The third-order valence-corrected chi connectivity index (χ3v) is 4.41. The van der Waals surface area contributed by atoms with Crippen molar-refractivity contribution in [1.29, 1.82) is 0 Å². The molecule has 0 aliphatic heterocycles. The molecule has 0 aliphatic carbocycles. The maximum Gasteiger partial charge on any atom is 0.322 e. The monoisotopic (exact) mass is 336 g/mol. The summed E-state index contributed by atoms with van der Waals surface area (Å²) in [6.07, 6.45) is 0.519. The summed E-state index contributed by atoms with van der Waals surface area (Å²) in [5.41, 5.74) is 1.85. The molecule has 2 aromatic heterocycles. The van der Waals surface area contributed by atoms with Crippen molar-refractivity contribution in [3.8, 4) is 0 Å². The van der Waals surface area contributed by atoms with E-state index in [4.69, 9.17) is 4.42 Å². The number of aromatic nitrogens is 3. The van der Waals surface area contributed by atoms with Crippen LogP contribution in [0.1, 0.15) is 21.3 Å². The molecule has 0 fully saturated rings. The van der Waals surface area contributed by atoms with Crippen molar-refractivity contribution in [2.75, 3.05) is 5.32 Å². The van der Waals surface area contributed by atoms with Gasteiger partial charge in [-0.1, -0.05) is 47.6 Å². The molecular weight excluding hydrogens is 324 g/mol. The van der Waals surface area contributed by atoms with E-state index in [1.807, 2.05) is 54.6 Å². The first kappa shape index (κ1) is 14.5. The Morgan fingerprint density at radius 2 is 1.83 bits per heavy atom. The zero-order valence-corrected chi connectivity index (χ0v) is 13.3. The number of thiazole rings is 1. The van der Waals surface area contributed by atoms with Gasteiger partial charge in [0, 0.05) is 0 Å².